The first-order valence-electron chi connectivity index (χ1n) is 8.47. The van der Waals surface area contributed by atoms with E-state index < -0.39 is 15.3 Å². The van der Waals surface area contributed by atoms with Gasteiger partial charge in [0, 0.05) is 31.6 Å². The number of sulfone groups is 1. The smallest absolute Gasteiger partial charge is 0.231 e. The van der Waals surface area contributed by atoms with Gasteiger partial charge in [0.25, 0.3) is 0 Å². The largest absolute Gasteiger partial charge is 0.339 e. The molecule has 2 unspecified atom stereocenters. The highest BCUT2D eigenvalue weighted by Gasteiger charge is 2.59. The van der Waals surface area contributed by atoms with E-state index in [-0.39, 0.29) is 29.4 Å². The first-order chi connectivity index (χ1) is 10.3. The predicted octanol–water partition coefficient (Wildman–Crippen LogP) is 0.904. The Morgan fingerprint density at radius 2 is 2.05 bits per heavy atom. The van der Waals surface area contributed by atoms with Gasteiger partial charge >= 0.3 is 0 Å². The van der Waals surface area contributed by atoms with E-state index in [2.05, 4.69) is 26.1 Å². The van der Waals surface area contributed by atoms with Crippen molar-refractivity contribution >= 4 is 15.7 Å². The number of nitrogens with zero attached hydrogens (tertiary/aromatic N) is 1. The molecule has 3 saturated heterocycles. The first kappa shape index (κ1) is 16.2. The Morgan fingerprint density at radius 1 is 1.32 bits per heavy atom. The standard InChI is InChI=1S/C16H28N2O3S/c1-11(2)13-5-4-12(3)18(7-13)15(19)16-9-17-6-14(16)8-22(20,21)10-16/h11-14,17H,4-10H2,1-3H3/t12?,13?,14-,16-/m0/s1. The molecule has 4 atom stereocenters. The lowest BCUT2D eigenvalue weighted by Gasteiger charge is -2.43. The van der Waals surface area contributed by atoms with Crippen molar-refractivity contribution in [3.8, 4) is 0 Å². The second-order valence-electron chi connectivity index (χ2n) is 7.93. The summed E-state index contributed by atoms with van der Waals surface area (Å²) in [5, 5.41) is 3.26. The molecule has 1 amide bonds. The van der Waals surface area contributed by atoms with Gasteiger partial charge in [-0.05, 0) is 31.6 Å². The minimum absolute atomic E-state index is 0.0338. The molecule has 0 aromatic rings. The van der Waals surface area contributed by atoms with Gasteiger partial charge in [-0.1, -0.05) is 13.8 Å². The van der Waals surface area contributed by atoms with Gasteiger partial charge in [0.05, 0.1) is 16.9 Å². The van der Waals surface area contributed by atoms with Crippen LogP contribution in [0.2, 0.25) is 0 Å². The van der Waals surface area contributed by atoms with Gasteiger partial charge < -0.3 is 10.2 Å². The Morgan fingerprint density at radius 3 is 2.73 bits per heavy atom. The molecule has 0 aromatic carbocycles. The Labute approximate surface area is 133 Å². The lowest BCUT2D eigenvalue weighted by Crippen LogP contribution is -2.55. The lowest BCUT2D eigenvalue weighted by atomic mass is 9.77. The first-order valence-corrected chi connectivity index (χ1v) is 10.3. The SMILES string of the molecule is CC(C)C1CCC(C)N(C(=O)[C@]23CNC[C@H]2CS(=O)(=O)C3)C1. The fourth-order valence-electron chi connectivity index (χ4n) is 4.51. The summed E-state index contributed by atoms with van der Waals surface area (Å²) in [6.07, 6.45) is 2.19. The maximum absolute atomic E-state index is 13.3. The average Bonchev–Trinajstić information content (AvgIpc) is 2.91. The van der Waals surface area contributed by atoms with E-state index in [1.165, 1.54) is 0 Å². The Bertz CT molecular complexity index is 560. The van der Waals surface area contributed by atoms with Crippen LogP contribution in [0.15, 0.2) is 0 Å². The van der Waals surface area contributed by atoms with Crippen molar-refractivity contribution in [3.05, 3.63) is 0 Å². The number of carbonyl (C=O) groups excluding carboxylic acids is 1. The molecule has 3 heterocycles. The number of hydrogen-bond donors (Lipinski definition) is 1. The zero-order chi connectivity index (χ0) is 16.1. The van der Waals surface area contributed by atoms with Crippen LogP contribution in [0, 0.1) is 23.2 Å². The molecule has 3 aliphatic heterocycles. The summed E-state index contributed by atoms with van der Waals surface area (Å²) in [4.78, 5) is 15.3. The van der Waals surface area contributed by atoms with E-state index >= 15 is 0 Å². The Hall–Kier alpha value is -0.620. The van der Waals surface area contributed by atoms with Crippen LogP contribution in [0.3, 0.4) is 0 Å². The minimum Gasteiger partial charge on any atom is -0.339 e. The zero-order valence-electron chi connectivity index (χ0n) is 13.8. The van der Waals surface area contributed by atoms with Gasteiger partial charge in [0.1, 0.15) is 0 Å². The van der Waals surface area contributed by atoms with Gasteiger partial charge in [0.15, 0.2) is 9.84 Å². The molecule has 126 valence electrons. The molecule has 22 heavy (non-hydrogen) atoms. The quantitative estimate of drug-likeness (QED) is 0.818. The summed E-state index contributed by atoms with van der Waals surface area (Å²) in [7, 11) is -3.08. The van der Waals surface area contributed by atoms with Gasteiger partial charge in [-0.2, -0.15) is 0 Å². The van der Waals surface area contributed by atoms with Crippen molar-refractivity contribution in [1.82, 2.24) is 10.2 Å². The van der Waals surface area contributed by atoms with Crippen LogP contribution in [-0.4, -0.2) is 56.4 Å². The van der Waals surface area contributed by atoms with Gasteiger partial charge in [-0.25, -0.2) is 8.42 Å². The van der Waals surface area contributed by atoms with Gasteiger partial charge in [0.2, 0.25) is 5.91 Å². The number of amides is 1. The van der Waals surface area contributed by atoms with E-state index in [4.69, 9.17) is 0 Å². The van der Waals surface area contributed by atoms with Crippen LogP contribution in [0.4, 0.5) is 0 Å². The maximum Gasteiger partial charge on any atom is 0.231 e. The highest BCUT2D eigenvalue weighted by Crippen LogP contribution is 2.43. The number of piperidine rings is 1. The monoisotopic (exact) mass is 328 g/mol. The summed E-state index contributed by atoms with van der Waals surface area (Å²) in [6, 6.07) is 0.224. The fourth-order valence-corrected chi connectivity index (χ4v) is 6.93. The third-order valence-electron chi connectivity index (χ3n) is 6.09. The van der Waals surface area contributed by atoms with E-state index in [1.54, 1.807) is 0 Å². The topological polar surface area (TPSA) is 66.5 Å². The van der Waals surface area contributed by atoms with Gasteiger partial charge in [-0.3, -0.25) is 4.79 Å². The van der Waals surface area contributed by atoms with Crippen molar-refractivity contribution in [2.45, 2.75) is 39.7 Å². The average molecular weight is 328 g/mol. The number of hydrogen-bond acceptors (Lipinski definition) is 4. The van der Waals surface area contributed by atoms with Crippen LogP contribution >= 0.6 is 0 Å². The third kappa shape index (κ3) is 2.58. The van der Waals surface area contributed by atoms with E-state index in [0.29, 0.717) is 24.9 Å². The zero-order valence-corrected chi connectivity index (χ0v) is 14.7. The summed E-state index contributed by atoms with van der Waals surface area (Å²) in [6.45, 7) is 8.48. The lowest BCUT2D eigenvalue weighted by molar-refractivity contribution is -0.146. The van der Waals surface area contributed by atoms with Crippen molar-refractivity contribution < 1.29 is 13.2 Å². The van der Waals surface area contributed by atoms with Crippen LogP contribution in [0.25, 0.3) is 0 Å². The molecular weight excluding hydrogens is 300 g/mol. The van der Waals surface area contributed by atoms with Crippen molar-refractivity contribution in [2.24, 2.45) is 23.2 Å². The molecule has 0 aromatic heterocycles. The number of likely N-dealkylation sites (tertiary alicyclic amines) is 1. The van der Waals surface area contributed by atoms with Crippen LogP contribution < -0.4 is 5.32 Å². The van der Waals surface area contributed by atoms with E-state index in [1.807, 2.05) is 4.90 Å². The number of fused-ring (bicyclic) bond motifs is 1. The van der Waals surface area contributed by atoms with Crippen molar-refractivity contribution in [1.29, 1.82) is 0 Å². The molecule has 0 radical (unpaired) electrons. The number of nitrogens with one attached hydrogen (secondary N) is 1. The minimum atomic E-state index is -3.08. The summed E-state index contributed by atoms with van der Waals surface area (Å²) in [5.41, 5.74) is -0.702. The van der Waals surface area contributed by atoms with E-state index in [0.717, 1.165) is 19.4 Å². The number of rotatable bonds is 2. The molecule has 1 N–H and O–H groups in total. The molecule has 3 rings (SSSR count). The molecule has 6 heteroatoms. The number of carbonyl (C=O) groups is 1. The van der Waals surface area contributed by atoms with Crippen molar-refractivity contribution in [3.63, 3.8) is 0 Å². The van der Waals surface area contributed by atoms with Crippen LogP contribution in [0.1, 0.15) is 33.6 Å². The highest BCUT2D eigenvalue weighted by molar-refractivity contribution is 7.91. The molecule has 3 aliphatic rings. The Kier molecular flexibility index (Phi) is 4.05. The highest BCUT2D eigenvalue weighted by atomic mass is 32.2. The second-order valence-corrected chi connectivity index (χ2v) is 10.0. The van der Waals surface area contributed by atoms with Crippen LogP contribution in [-0.2, 0) is 14.6 Å². The Balaban J connectivity index is 1.86. The summed E-state index contributed by atoms with van der Waals surface area (Å²) < 4.78 is 24.2. The molecular formula is C16H28N2O3S. The summed E-state index contributed by atoms with van der Waals surface area (Å²) in [5.74, 6) is 1.33. The van der Waals surface area contributed by atoms with E-state index in [9.17, 15) is 13.2 Å². The molecule has 5 nitrogen and oxygen atoms in total. The molecule has 0 bridgehead atoms. The van der Waals surface area contributed by atoms with Gasteiger partial charge in [-0.15, -0.1) is 0 Å². The predicted molar refractivity (Wildman–Crippen MR) is 86.2 cm³/mol. The maximum atomic E-state index is 13.3. The normalized spacial score (nSPS) is 40.9. The van der Waals surface area contributed by atoms with Crippen LogP contribution in [0.5, 0.6) is 0 Å². The molecule has 3 fully saturated rings. The summed E-state index contributed by atoms with van der Waals surface area (Å²) >= 11 is 0. The third-order valence-corrected chi connectivity index (χ3v) is 7.96. The molecule has 0 spiro atoms. The second kappa shape index (κ2) is 5.48. The fraction of sp³-hybridized carbons (Fsp3) is 0.938. The molecule has 0 saturated carbocycles. The van der Waals surface area contributed by atoms with Crippen molar-refractivity contribution in [2.75, 3.05) is 31.1 Å². The molecule has 0 aliphatic carbocycles.